The molecule has 1 aliphatic heterocycles. The molecule has 2 aromatic rings. The lowest BCUT2D eigenvalue weighted by Gasteiger charge is -2.27. The molecule has 4 heteroatoms. The number of benzene rings is 2. The van der Waals surface area contributed by atoms with Crippen LogP contribution in [0.4, 0.5) is 0 Å². The van der Waals surface area contributed by atoms with E-state index in [4.69, 9.17) is 0 Å². The molecule has 1 aliphatic rings. The molecule has 1 atom stereocenters. The molecule has 1 saturated heterocycles. The van der Waals surface area contributed by atoms with Crippen molar-refractivity contribution in [1.29, 1.82) is 0 Å². The van der Waals surface area contributed by atoms with E-state index in [1.807, 2.05) is 34.3 Å². The average Bonchev–Trinajstić information content (AvgIpc) is 2.53. The van der Waals surface area contributed by atoms with Crippen LogP contribution in [0.15, 0.2) is 36.4 Å². The Morgan fingerprint density at radius 1 is 1.29 bits per heavy atom. The molecule has 1 heterocycles. The number of Topliss-reactive ketones (excluding diaryl/α,β-unsaturated/α-hetero) is 1. The standard InChI is InChI=1S/C17H16BrNO2/c18-19-7-3-5-13(10-19)17(21)14-8-12-4-1-2-6-16(12)15(9-14)11-20/h1-2,4,6,8-9,11,13H,3,5,7,10H2. The summed E-state index contributed by atoms with van der Waals surface area (Å²) in [5.74, 6) is 0.131. The van der Waals surface area contributed by atoms with E-state index in [0.717, 1.165) is 43.0 Å². The second kappa shape index (κ2) is 6.08. The van der Waals surface area contributed by atoms with E-state index in [2.05, 4.69) is 16.1 Å². The van der Waals surface area contributed by atoms with Crippen LogP contribution >= 0.6 is 16.1 Å². The lowest BCUT2D eigenvalue weighted by atomic mass is 9.89. The van der Waals surface area contributed by atoms with Crippen molar-refractivity contribution in [1.82, 2.24) is 3.93 Å². The van der Waals surface area contributed by atoms with Gasteiger partial charge in [0.1, 0.15) is 0 Å². The molecule has 0 amide bonds. The van der Waals surface area contributed by atoms with Crippen LogP contribution < -0.4 is 0 Å². The van der Waals surface area contributed by atoms with Crippen molar-refractivity contribution < 1.29 is 9.59 Å². The molecule has 1 unspecified atom stereocenters. The summed E-state index contributed by atoms with van der Waals surface area (Å²) in [7, 11) is 0. The van der Waals surface area contributed by atoms with Gasteiger partial charge in [-0.15, -0.1) is 0 Å². The van der Waals surface area contributed by atoms with Crippen LogP contribution in [0, 0.1) is 5.92 Å². The normalized spacial score (nSPS) is 19.6. The summed E-state index contributed by atoms with van der Waals surface area (Å²) >= 11 is 3.46. The maximum atomic E-state index is 12.7. The van der Waals surface area contributed by atoms with Gasteiger partial charge in [-0.1, -0.05) is 24.3 Å². The molecular formula is C17H16BrNO2. The summed E-state index contributed by atoms with van der Waals surface area (Å²) in [5.41, 5.74) is 1.23. The van der Waals surface area contributed by atoms with E-state index < -0.39 is 0 Å². The molecule has 108 valence electrons. The first-order chi connectivity index (χ1) is 10.2. The fourth-order valence-corrected chi connectivity index (χ4v) is 3.56. The van der Waals surface area contributed by atoms with Crippen molar-refractivity contribution in [2.75, 3.05) is 13.1 Å². The third-order valence-corrected chi connectivity index (χ3v) is 4.69. The quantitative estimate of drug-likeness (QED) is 0.481. The van der Waals surface area contributed by atoms with Gasteiger partial charge < -0.3 is 0 Å². The molecule has 0 spiro atoms. The largest absolute Gasteiger partial charge is 0.298 e. The first kappa shape index (κ1) is 14.4. The predicted molar refractivity (Wildman–Crippen MR) is 86.9 cm³/mol. The van der Waals surface area contributed by atoms with Crippen LogP contribution in [0.3, 0.4) is 0 Å². The van der Waals surface area contributed by atoms with E-state index in [1.165, 1.54) is 0 Å². The Hall–Kier alpha value is -1.52. The van der Waals surface area contributed by atoms with Crippen molar-refractivity contribution in [2.24, 2.45) is 5.92 Å². The second-order valence-corrected chi connectivity index (χ2v) is 6.48. The minimum atomic E-state index is -0.00112. The maximum absolute atomic E-state index is 12.7. The lowest BCUT2D eigenvalue weighted by molar-refractivity contribution is 0.0878. The minimum Gasteiger partial charge on any atom is -0.298 e. The molecule has 0 bridgehead atoms. The number of piperidine rings is 1. The van der Waals surface area contributed by atoms with E-state index >= 15 is 0 Å². The zero-order chi connectivity index (χ0) is 14.8. The Bertz CT molecular complexity index is 698. The summed E-state index contributed by atoms with van der Waals surface area (Å²) in [5, 5.41) is 1.84. The van der Waals surface area contributed by atoms with E-state index in [9.17, 15) is 9.59 Å². The van der Waals surface area contributed by atoms with Crippen LogP contribution in [0.25, 0.3) is 10.8 Å². The van der Waals surface area contributed by atoms with Crippen molar-refractivity contribution in [3.63, 3.8) is 0 Å². The molecule has 0 aliphatic carbocycles. The first-order valence-electron chi connectivity index (χ1n) is 7.12. The molecule has 1 fully saturated rings. The van der Waals surface area contributed by atoms with Crippen molar-refractivity contribution in [3.05, 3.63) is 47.5 Å². The first-order valence-corrected chi connectivity index (χ1v) is 7.83. The van der Waals surface area contributed by atoms with Crippen molar-refractivity contribution in [2.45, 2.75) is 12.8 Å². The highest BCUT2D eigenvalue weighted by Gasteiger charge is 2.26. The lowest BCUT2D eigenvalue weighted by Crippen LogP contribution is -2.32. The molecule has 21 heavy (non-hydrogen) atoms. The molecule has 2 aromatic carbocycles. The van der Waals surface area contributed by atoms with E-state index in [-0.39, 0.29) is 11.7 Å². The van der Waals surface area contributed by atoms with Crippen LogP contribution in [0.2, 0.25) is 0 Å². The third kappa shape index (κ3) is 2.92. The SMILES string of the molecule is O=Cc1cc(C(=O)C2CCCN(Br)C2)cc2ccccc12. The summed E-state index contributed by atoms with van der Waals surface area (Å²) in [4.78, 5) is 24.0. The summed E-state index contributed by atoms with van der Waals surface area (Å²) in [6.07, 6.45) is 2.75. The number of aldehydes is 1. The fraction of sp³-hybridized carbons (Fsp3) is 0.294. The summed E-state index contributed by atoms with van der Waals surface area (Å²) in [6.45, 7) is 1.70. The van der Waals surface area contributed by atoms with Gasteiger partial charge in [0.25, 0.3) is 0 Å². The molecule has 0 aromatic heterocycles. The number of hydrogen-bond acceptors (Lipinski definition) is 3. The highest BCUT2D eigenvalue weighted by atomic mass is 79.9. The molecular weight excluding hydrogens is 330 g/mol. The monoisotopic (exact) mass is 345 g/mol. The van der Waals surface area contributed by atoms with Gasteiger partial charge >= 0.3 is 0 Å². The Kier molecular flexibility index (Phi) is 4.17. The number of fused-ring (bicyclic) bond motifs is 1. The van der Waals surface area contributed by atoms with Gasteiger partial charge in [-0.2, -0.15) is 0 Å². The minimum absolute atomic E-state index is 0.00112. The Labute approximate surface area is 132 Å². The fourth-order valence-electron chi connectivity index (χ4n) is 2.96. The highest BCUT2D eigenvalue weighted by Crippen LogP contribution is 2.26. The van der Waals surface area contributed by atoms with Crippen LogP contribution in [-0.2, 0) is 0 Å². The number of nitrogens with zero attached hydrogens (tertiary/aromatic N) is 1. The summed E-state index contributed by atoms with van der Waals surface area (Å²) in [6, 6.07) is 11.3. The van der Waals surface area contributed by atoms with Crippen LogP contribution in [0.1, 0.15) is 33.6 Å². The van der Waals surface area contributed by atoms with Gasteiger partial charge in [-0.05, 0) is 35.7 Å². The molecule has 0 saturated carbocycles. The Balaban J connectivity index is 2.00. The molecule has 3 rings (SSSR count). The number of ketones is 1. The molecule has 0 N–H and O–H groups in total. The smallest absolute Gasteiger partial charge is 0.167 e. The van der Waals surface area contributed by atoms with Crippen LogP contribution in [-0.4, -0.2) is 29.1 Å². The second-order valence-electron chi connectivity index (χ2n) is 5.48. The Morgan fingerprint density at radius 2 is 2.10 bits per heavy atom. The molecule has 3 nitrogen and oxygen atoms in total. The maximum Gasteiger partial charge on any atom is 0.167 e. The van der Waals surface area contributed by atoms with E-state index in [1.54, 1.807) is 6.07 Å². The van der Waals surface area contributed by atoms with Gasteiger partial charge in [0, 0.05) is 46.3 Å². The Morgan fingerprint density at radius 3 is 2.86 bits per heavy atom. The number of carbonyl (C=O) groups excluding carboxylic acids is 2. The van der Waals surface area contributed by atoms with Crippen molar-refractivity contribution >= 4 is 39.0 Å². The van der Waals surface area contributed by atoms with Gasteiger partial charge in [-0.3, -0.25) is 9.59 Å². The third-order valence-electron chi connectivity index (χ3n) is 4.05. The zero-order valence-electron chi connectivity index (χ0n) is 11.6. The number of carbonyl (C=O) groups is 2. The van der Waals surface area contributed by atoms with Gasteiger partial charge in [0.15, 0.2) is 12.1 Å². The highest BCUT2D eigenvalue weighted by molar-refractivity contribution is 9.07. The zero-order valence-corrected chi connectivity index (χ0v) is 13.2. The number of rotatable bonds is 3. The summed E-state index contributed by atoms with van der Waals surface area (Å²) < 4.78 is 2.01. The van der Waals surface area contributed by atoms with Crippen LogP contribution in [0.5, 0.6) is 0 Å². The van der Waals surface area contributed by atoms with Gasteiger partial charge in [0.2, 0.25) is 0 Å². The van der Waals surface area contributed by atoms with E-state index in [0.29, 0.717) is 11.1 Å². The van der Waals surface area contributed by atoms with Crippen molar-refractivity contribution in [3.8, 4) is 0 Å². The average molecular weight is 346 g/mol. The van der Waals surface area contributed by atoms with Gasteiger partial charge in [-0.25, -0.2) is 3.93 Å². The predicted octanol–water partition coefficient (Wildman–Crippen LogP) is 3.86. The van der Waals surface area contributed by atoms with Gasteiger partial charge in [0.05, 0.1) is 0 Å². The topological polar surface area (TPSA) is 37.4 Å². The number of hydrogen-bond donors (Lipinski definition) is 0. The molecule has 0 radical (unpaired) electrons. The number of halogens is 1.